The fraction of sp³-hybridized carbons (Fsp3) is 0.250. The number of ether oxygens (including phenoxy) is 1. The predicted molar refractivity (Wildman–Crippen MR) is 90.9 cm³/mol. The Balaban J connectivity index is 1.82. The first kappa shape index (κ1) is 14.7. The molecule has 0 aliphatic rings. The van der Waals surface area contributed by atoms with E-state index < -0.39 is 0 Å². The predicted octanol–water partition coefficient (Wildman–Crippen LogP) is 5.13. The molecular formula is C20H21NO. The van der Waals surface area contributed by atoms with Gasteiger partial charge in [0.25, 0.3) is 0 Å². The Hall–Kier alpha value is -2.19. The molecule has 0 spiro atoms. The van der Waals surface area contributed by atoms with Crippen LogP contribution in [-0.4, -0.2) is 4.98 Å². The van der Waals surface area contributed by atoms with Gasteiger partial charge in [-0.15, -0.1) is 0 Å². The number of aryl methyl sites for hydroxylation is 2. The Kier molecular flexibility index (Phi) is 4.21. The summed E-state index contributed by atoms with van der Waals surface area (Å²) in [5.74, 6) is 0. The summed E-state index contributed by atoms with van der Waals surface area (Å²) in [6, 6.07) is 18.8. The molecule has 1 aromatic heterocycles. The summed E-state index contributed by atoms with van der Waals surface area (Å²) in [7, 11) is 0. The van der Waals surface area contributed by atoms with Gasteiger partial charge in [-0.2, -0.15) is 0 Å². The monoisotopic (exact) mass is 291 g/mol. The molecule has 0 fully saturated rings. The number of rotatable bonds is 4. The first-order valence-electron chi connectivity index (χ1n) is 7.67. The Morgan fingerprint density at radius 2 is 1.82 bits per heavy atom. The highest BCUT2D eigenvalue weighted by atomic mass is 16.5. The molecule has 22 heavy (non-hydrogen) atoms. The second kappa shape index (κ2) is 6.29. The van der Waals surface area contributed by atoms with Gasteiger partial charge in [0.2, 0.25) is 0 Å². The molecule has 0 amide bonds. The summed E-state index contributed by atoms with van der Waals surface area (Å²) < 4.78 is 6.10. The van der Waals surface area contributed by atoms with Crippen molar-refractivity contribution in [2.24, 2.45) is 0 Å². The zero-order valence-corrected chi connectivity index (χ0v) is 13.3. The van der Waals surface area contributed by atoms with Crippen molar-refractivity contribution < 1.29 is 4.74 Å². The molecule has 1 atom stereocenters. The van der Waals surface area contributed by atoms with E-state index in [-0.39, 0.29) is 6.10 Å². The van der Waals surface area contributed by atoms with Gasteiger partial charge in [0.05, 0.1) is 18.2 Å². The number of fused-ring (bicyclic) bond motifs is 1. The van der Waals surface area contributed by atoms with Crippen LogP contribution in [0.1, 0.15) is 35.4 Å². The Bertz CT molecular complexity index is 795. The van der Waals surface area contributed by atoms with Crippen LogP contribution in [0.25, 0.3) is 10.9 Å². The van der Waals surface area contributed by atoms with Gasteiger partial charge < -0.3 is 4.74 Å². The molecule has 2 heteroatoms. The summed E-state index contributed by atoms with van der Waals surface area (Å²) in [6.45, 7) is 6.83. The van der Waals surface area contributed by atoms with Crippen LogP contribution in [0.5, 0.6) is 0 Å². The van der Waals surface area contributed by atoms with E-state index in [0.29, 0.717) is 6.61 Å². The molecule has 112 valence electrons. The van der Waals surface area contributed by atoms with Gasteiger partial charge in [-0.1, -0.05) is 48.0 Å². The minimum absolute atomic E-state index is 0.0760. The van der Waals surface area contributed by atoms with Crippen LogP contribution in [0.4, 0.5) is 0 Å². The van der Waals surface area contributed by atoms with Crippen molar-refractivity contribution in [2.45, 2.75) is 33.5 Å². The van der Waals surface area contributed by atoms with Crippen LogP contribution in [0, 0.1) is 13.8 Å². The van der Waals surface area contributed by atoms with Crippen molar-refractivity contribution in [2.75, 3.05) is 0 Å². The minimum atomic E-state index is 0.0760. The smallest absolute Gasteiger partial charge is 0.0801 e. The molecular weight excluding hydrogens is 270 g/mol. The van der Waals surface area contributed by atoms with Crippen molar-refractivity contribution in [3.63, 3.8) is 0 Å². The molecule has 0 N–H and O–H groups in total. The summed E-state index contributed by atoms with van der Waals surface area (Å²) in [6.07, 6.45) is 0.0760. The van der Waals surface area contributed by atoms with Crippen LogP contribution < -0.4 is 0 Å². The van der Waals surface area contributed by atoms with Crippen LogP contribution in [-0.2, 0) is 11.3 Å². The quantitative estimate of drug-likeness (QED) is 0.665. The SMILES string of the molecule is Cc1cccc([C@H](C)OCc2cc(C)nc3ccccc23)c1. The number of para-hydroxylation sites is 1. The van der Waals surface area contributed by atoms with E-state index in [1.807, 2.05) is 19.1 Å². The molecule has 0 unspecified atom stereocenters. The van der Waals surface area contributed by atoms with E-state index >= 15 is 0 Å². The van der Waals surface area contributed by atoms with Gasteiger partial charge in [0.15, 0.2) is 0 Å². The fourth-order valence-corrected chi connectivity index (χ4v) is 2.75. The van der Waals surface area contributed by atoms with Gasteiger partial charge >= 0.3 is 0 Å². The van der Waals surface area contributed by atoms with Crippen LogP contribution >= 0.6 is 0 Å². The highest BCUT2D eigenvalue weighted by Crippen LogP contribution is 2.23. The van der Waals surface area contributed by atoms with Gasteiger partial charge in [0, 0.05) is 11.1 Å². The van der Waals surface area contributed by atoms with Crippen LogP contribution in [0.3, 0.4) is 0 Å². The van der Waals surface area contributed by atoms with Gasteiger partial charge in [-0.05, 0) is 44.0 Å². The lowest BCUT2D eigenvalue weighted by molar-refractivity contribution is 0.0531. The second-order valence-corrected chi connectivity index (χ2v) is 5.81. The van der Waals surface area contributed by atoms with Gasteiger partial charge in [-0.3, -0.25) is 4.98 Å². The first-order chi connectivity index (χ1) is 10.6. The van der Waals surface area contributed by atoms with E-state index in [1.54, 1.807) is 0 Å². The molecule has 3 aromatic rings. The van der Waals surface area contributed by atoms with E-state index in [9.17, 15) is 0 Å². The maximum atomic E-state index is 6.10. The van der Waals surface area contributed by atoms with E-state index in [0.717, 1.165) is 11.2 Å². The molecule has 0 aliphatic heterocycles. The molecule has 2 nitrogen and oxygen atoms in total. The topological polar surface area (TPSA) is 22.1 Å². The third-order valence-electron chi connectivity index (χ3n) is 3.93. The van der Waals surface area contributed by atoms with Gasteiger partial charge in [-0.25, -0.2) is 0 Å². The maximum absolute atomic E-state index is 6.10. The number of nitrogens with zero attached hydrogens (tertiary/aromatic N) is 1. The Morgan fingerprint density at radius 1 is 1.00 bits per heavy atom. The zero-order valence-electron chi connectivity index (χ0n) is 13.3. The normalized spacial score (nSPS) is 12.5. The number of hydrogen-bond acceptors (Lipinski definition) is 2. The van der Waals surface area contributed by atoms with E-state index in [4.69, 9.17) is 4.74 Å². The largest absolute Gasteiger partial charge is 0.369 e. The zero-order chi connectivity index (χ0) is 15.5. The van der Waals surface area contributed by atoms with Crippen molar-refractivity contribution in [3.8, 4) is 0 Å². The lowest BCUT2D eigenvalue weighted by atomic mass is 10.1. The van der Waals surface area contributed by atoms with E-state index in [1.165, 1.54) is 22.1 Å². The lowest BCUT2D eigenvalue weighted by Gasteiger charge is -2.15. The average Bonchev–Trinajstić information content (AvgIpc) is 2.52. The summed E-state index contributed by atoms with van der Waals surface area (Å²) in [4.78, 5) is 4.58. The fourth-order valence-electron chi connectivity index (χ4n) is 2.75. The number of benzene rings is 2. The molecule has 0 bridgehead atoms. The van der Waals surface area contributed by atoms with E-state index in [2.05, 4.69) is 61.3 Å². The lowest BCUT2D eigenvalue weighted by Crippen LogP contribution is -2.02. The minimum Gasteiger partial charge on any atom is -0.369 e. The summed E-state index contributed by atoms with van der Waals surface area (Å²) >= 11 is 0. The molecule has 0 saturated carbocycles. The van der Waals surface area contributed by atoms with Crippen molar-refractivity contribution in [1.29, 1.82) is 0 Å². The molecule has 1 heterocycles. The standard InChI is InChI=1S/C20H21NO/c1-14-7-6-8-17(11-14)16(3)22-13-18-12-15(2)21-20-10-5-4-9-19(18)20/h4-12,16H,13H2,1-3H3/t16-/m0/s1. The highest BCUT2D eigenvalue weighted by Gasteiger charge is 2.09. The molecule has 2 aromatic carbocycles. The molecule has 0 saturated heterocycles. The Morgan fingerprint density at radius 3 is 2.64 bits per heavy atom. The molecule has 3 rings (SSSR count). The van der Waals surface area contributed by atoms with Crippen LogP contribution in [0.2, 0.25) is 0 Å². The third kappa shape index (κ3) is 3.18. The first-order valence-corrected chi connectivity index (χ1v) is 7.67. The number of hydrogen-bond donors (Lipinski definition) is 0. The average molecular weight is 291 g/mol. The van der Waals surface area contributed by atoms with Crippen LogP contribution in [0.15, 0.2) is 54.6 Å². The molecule has 0 radical (unpaired) electrons. The summed E-state index contributed by atoms with van der Waals surface area (Å²) in [5.41, 5.74) is 5.74. The number of aromatic nitrogens is 1. The van der Waals surface area contributed by atoms with Crippen molar-refractivity contribution in [3.05, 3.63) is 77.0 Å². The maximum Gasteiger partial charge on any atom is 0.0801 e. The highest BCUT2D eigenvalue weighted by molar-refractivity contribution is 5.82. The van der Waals surface area contributed by atoms with Crippen molar-refractivity contribution >= 4 is 10.9 Å². The Labute approximate surface area is 131 Å². The van der Waals surface area contributed by atoms with Gasteiger partial charge in [0.1, 0.15) is 0 Å². The number of pyridine rings is 1. The van der Waals surface area contributed by atoms with Crippen molar-refractivity contribution in [1.82, 2.24) is 4.98 Å². The third-order valence-corrected chi connectivity index (χ3v) is 3.93. The summed E-state index contributed by atoms with van der Waals surface area (Å²) in [5, 5.41) is 1.17. The molecule has 0 aliphatic carbocycles. The second-order valence-electron chi connectivity index (χ2n) is 5.81.